The van der Waals surface area contributed by atoms with E-state index in [0.29, 0.717) is 10.8 Å². The highest BCUT2D eigenvalue weighted by atomic mass is 35.5. The maximum Gasteiger partial charge on any atom is 0.142 e. The molecule has 1 heterocycles. The van der Waals surface area contributed by atoms with E-state index in [1.165, 1.54) is 0 Å². The molecule has 20 heavy (non-hydrogen) atoms. The number of nitrogen functional groups attached to an aromatic ring is 1. The molecule has 0 amide bonds. The molecule has 106 valence electrons. The van der Waals surface area contributed by atoms with Crippen LogP contribution in [0.5, 0.6) is 5.75 Å². The Morgan fingerprint density at radius 2 is 2.10 bits per heavy atom. The molecule has 0 atom stereocenters. The molecular weight excluding hydrogens is 274 g/mol. The van der Waals surface area contributed by atoms with Crippen LogP contribution in [0.3, 0.4) is 0 Å². The van der Waals surface area contributed by atoms with Crippen LogP contribution in [0.15, 0.2) is 24.4 Å². The lowest BCUT2D eigenvalue weighted by atomic mass is 10.00. The first-order valence-electron chi connectivity index (χ1n) is 6.40. The van der Waals surface area contributed by atoms with Crippen molar-refractivity contribution in [3.05, 3.63) is 35.0 Å². The third-order valence-electron chi connectivity index (χ3n) is 3.22. The minimum Gasteiger partial charge on any atom is -0.495 e. The Morgan fingerprint density at radius 1 is 1.35 bits per heavy atom. The van der Waals surface area contributed by atoms with Gasteiger partial charge in [0.05, 0.1) is 17.8 Å². The van der Waals surface area contributed by atoms with Crippen LogP contribution in [0.4, 0.5) is 11.5 Å². The molecule has 0 aliphatic heterocycles. The number of hydrogen-bond acceptors (Lipinski definition) is 4. The number of ether oxygens (including phenoxy) is 1. The highest BCUT2D eigenvalue weighted by Gasteiger charge is 2.13. The van der Waals surface area contributed by atoms with Gasteiger partial charge >= 0.3 is 0 Å². The largest absolute Gasteiger partial charge is 0.495 e. The molecule has 0 radical (unpaired) electrons. The molecule has 1 aromatic carbocycles. The fraction of sp³-hybridized carbons (Fsp3) is 0.267. The summed E-state index contributed by atoms with van der Waals surface area (Å²) in [5.41, 5.74) is 9.73. The lowest BCUT2D eigenvalue weighted by Gasteiger charge is -2.16. The van der Waals surface area contributed by atoms with Crippen LogP contribution in [-0.4, -0.2) is 19.1 Å². The van der Waals surface area contributed by atoms with E-state index in [4.69, 9.17) is 22.1 Å². The van der Waals surface area contributed by atoms with Crippen LogP contribution >= 0.6 is 11.6 Å². The first-order chi connectivity index (χ1) is 9.60. The zero-order valence-corrected chi connectivity index (χ0v) is 12.6. The number of nitrogens with two attached hydrogens (primary N) is 1. The van der Waals surface area contributed by atoms with E-state index < -0.39 is 0 Å². The second-order valence-corrected chi connectivity index (χ2v) is 4.81. The SMILES string of the molecule is CCc1cc(-c2cc(N)ncc2Cl)cc(OC)c1NC. The average Bonchev–Trinajstić information content (AvgIpc) is 2.48. The molecule has 0 fully saturated rings. The summed E-state index contributed by atoms with van der Waals surface area (Å²) in [4.78, 5) is 3.99. The summed E-state index contributed by atoms with van der Waals surface area (Å²) in [6, 6.07) is 5.82. The number of pyridine rings is 1. The predicted octanol–water partition coefficient (Wildman–Crippen LogP) is 3.60. The van der Waals surface area contributed by atoms with E-state index in [-0.39, 0.29) is 0 Å². The number of nitrogens with zero attached hydrogens (tertiary/aromatic N) is 1. The second kappa shape index (κ2) is 6.01. The Labute approximate surface area is 123 Å². The minimum atomic E-state index is 0.444. The van der Waals surface area contributed by atoms with Crippen LogP contribution in [0, 0.1) is 0 Å². The lowest BCUT2D eigenvalue weighted by Crippen LogP contribution is -2.00. The van der Waals surface area contributed by atoms with Gasteiger partial charge in [0.1, 0.15) is 11.6 Å². The zero-order chi connectivity index (χ0) is 14.7. The highest BCUT2D eigenvalue weighted by Crippen LogP contribution is 2.37. The third-order valence-corrected chi connectivity index (χ3v) is 3.52. The van der Waals surface area contributed by atoms with E-state index in [1.54, 1.807) is 19.4 Å². The van der Waals surface area contributed by atoms with Gasteiger partial charge in [0.15, 0.2) is 0 Å². The van der Waals surface area contributed by atoms with E-state index in [9.17, 15) is 0 Å². The van der Waals surface area contributed by atoms with Crippen molar-refractivity contribution >= 4 is 23.1 Å². The van der Waals surface area contributed by atoms with Crippen LogP contribution < -0.4 is 15.8 Å². The summed E-state index contributed by atoms with van der Waals surface area (Å²) in [7, 11) is 3.54. The summed E-state index contributed by atoms with van der Waals surface area (Å²) in [5.74, 6) is 1.23. The van der Waals surface area contributed by atoms with Crippen molar-refractivity contribution in [2.75, 3.05) is 25.2 Å². The van der Waals surface area contributed by atoms with Crippen molar-refractivity contribution < 1.29 is 4.74 Å². The molecule has 5 heteroatoms. The molecule has 2 aromatic rings. The Morgan fingerprint density at radius 3 is 2.70 bits per heavy atom. The standard InChI is InChI=1S/C15H18ClN3O/c1-4-9-5-10(6-13(20-3)15(9)18-2)11-7-14(17)19-8-12(11)16/h5-8,18H,4H2,1-3H3,(H2,17,19). The number of aromatic nitrogens is 1. The van der Waals surface area contributed by atoms with Crippen molar-refractivity contribution in [3.63, 3.8) is 0 Å². The number of nitrogens with one attached hydrogen (secondary N) is 1. The monoisotopic (exact) mass is 291 g/mol. The molecule has 3 N–H and O–H groups in total. The van der Waals surface area contributed by atoms with E-state index >= 15 is 0 Å². The van der Waals surface area contributed by atoms with Gasteiger partial charge in [-0.25, -0.2) is 4.98 Å². The van der Waals surface area contributed by atoms with Crippen LogP contribution in [-0.2, 0) is 6.42 Å². The van der Waals surface area contributed by atoms with Gasteiger partial charge in [0.2, 0.25) is 0 Å². The van der Waals surface area contributed by atoms with Crippen LogP contribution in [0.1, 0.15) is 12.5 Å². The summed E-state index contributed by atoms with van der Waals surface area (Å²) in [6.07, 6.45) is 2.45. The normalized spacial score (nSPS) is 10.4. The first kappa shape index (κ1) is 14.5. The maximum atomic E-state index is 6.22. The Bertz CT molecular complexity index is 604. The second-order valence-electron chi connectivity index (χ2n) is 4.41. The smallest absolute Gasteiger partial charge is 0.142 e. The van der Waals surface area contributed by atoms with Gasteiger partial charge < -0.3 is 15.8 Å². The number of anilines is 2. The lowest BCUT2D eigenvalue weighted by molar-refractivity contribution is 0.416. The van der Waals surface area contributed by atoms with Gasteiger partial charge in [-0.3, -0.25) is 0 Å². The molecule has 0 aliphatic carbocycles. The molecule has 0 bridgehead atoms. The fourth-order valence-corrected chi connectivity index (χ4v) is 2.44. The summed E-state index contributed by atoms with van der Waals surface area (Å²) >= 11 is 6.22. The van der Waals surface area contributed by atoms with Crippen molar-refractivity contribution in [1.29, 1.82) is 0 Å². The predicted molar refractivity (Wildman–Crippen MR) is 84.6 cm³/mol. The number of halogens is 1. The number of methoxy groups -OCH3 is 1. The number of hydrogen-bond donors (Lipinski definition) is 2. The van der Waals surface area contributed by atoms with Crippen molar-refractivity contribution in [2.45, 2.75) is 13.3 Å². The fourth-order valence-electron chi connectivity index (χ4n) is 2.23. The molecule has 2 rings (SSSR count). The topological polar surface area (TPSA) is 60.2 Å². The average molecular weight is 292 g/mol. The quantitative estimate of drug-likeness (QED) is 0.903. The van der Waals surface area contributed by atoms with Gasteiger partial charge in [0, 0.05) is 18.8 Å². The van der Waals surface area contributed by atoms with E-state index in [0.717, 1.165) is 34.5 Å². The van der Waals surface area contributed by atoms with Gasteiger partial charge in [0.25, 0.3) is 0 Å². The third kappa shape index (κ3) is 2.65. The van der Waals surface area contributed by atoms with Crippen LogP contribution in [0.2, 0.25) is 5.02 Å². The molecule has 4 nitrogen and oxygen atoms in total. The summed E-state index contributed by atoms with van der Waals surface area (Å²) in [5, 5.41) is 3.75. The Kier molecular flexibility index (Phi) is 4.35. The van der Waals surface area contributed by atoms with Gasteiger partial charge in [-0.05, 0) is 35.7 Å². The number of aryl methyl sites for hydroxylation is 1. The van der Waals surface area contributed by atoms with Gasteiger partial charge in [-0.15, -0.1) is 0 Å². The van der Waals surface area contributed by atoms with E-state index in [2.05, 4.69) is 23.3 Å². The number of benzene rings is 1. The molecular formula is C15H18ClN3O. The molecule has 0 saturated heterocycles. The summed E-state index contributed by atoms with van der Waals surface area (Å²) < 4.78 is 5.46. The first-order valence-corrected chi connectivity index (χ1v) is 6.78. The van der Waals surface area contributed by atoms with Crippen molar-refractivity contribution in [3.8, 4) is 16.9 Å². The molecule has 0 aliphatic rings. The molecule has 0 saturated carbocycles. The number of rotatable bonds is 4. The Balaban J connectivity index is 2.65. The zero-order valence-electron chi connectivity index (χ0n) is 11.8. The molecule has 1 aromatic heterocycles. The highest BCUT2D eigenvalue weighted by molar-refractivity contribution is 6.33. The van der Waals surface area contributed by atoms with Gasteiger partial charge in [-0.2, -0.15) is 0 Å². The Hall–Kier alpha value is -1.94. The molecule has 0 spiro atoms. The van der Waals surface area contributed by atoms with Gasteiger partial charge in [-0.1, -0.05) is 18.5 Å². The van der Waals surface area contributed by atoms with E-state index in [1.807, 2.05) is 13.1 Å². The summed E-state index contributed by atoms with van der Waals surface area (Å²) in [6.45, 7) is 2.10. The molecule has 0 unspecified atom stereocenters. The van der Waals surface area contributed by atoms with Crippen molar-refractivity contribution in [2.24, 2.45) is 0 Å². The van der Waals surface area contributed by atoms with Crippen molar-refractivity contribution in [1.82, 2.24) is 4.98 Å². The maximum absolute atomic E-state index is 6.22. The minimum absolute atomic E-state index is 0.444. The van der Waals surface area contributed by atoms with Crippen LogP contribution in [0.25, 0.3) is 11.1 Å².